The second kappa shape index (κ2) is 6.47. The standard InChI is InChI=1S/C20H24ClN3O3S/c1-19(2,3)24-16(25)13-12(8-9-28-4)23-20(14(13)17(24)26)10-6-5-7-11(21)15(10)22-18(20)27/h5-7,12-14,23H,8-9H2,1-4H3,(H,22,27)/t12-,13-,14+,20+/m1/s1. The first kappa shape index (κ1) is 19.7. The van der Waals surface area contributed by atoms with Crippen LogP contribution in [0.15, 0.2) is 18.2 Å². The van der Waals surface area contributed by atoms with E-state index in [1.807, 2.05) is 33.1 Å². The molecule has 1 aromatic rings. The molecule has 1 spiro atoms. The van der Waals surface area contributed by atoms with Gasteiger partial charge in [-0.15, -0.1) is 0 Å². The van der Waals surface area contributed by atoms with Crippen molar-refractivity contribution in [2.75, 3.05) is 17.3 Å². The maximum atomic E-state index is 13.5. The molecule has 0 radical (unpaired) electrons. The summed E-state index contributed by atoms with van der Waals surface area (Å²) < 4.78 is 0. The number of benzene rings is 1. The number of rotatable bonds is 3. The highest BCUT2D eigenvalue weighted by molar-refractivity contribution is 7.98. The van der Waals surface area contributed by atoms with Crippen LogP contribution in [0.4, 0.5) is 5.69 Å². The smallest absolute Gasteiger partial charge is 0.250 e. The number of nitrogens with zero attached hydrogens (tertiary/aromatic N) is 1. The third kappa shape index (κ3) is 2.49. The van der Waals surface area contributed by atoms with Gasteiger partial charge in [-0.3, -0.25) is 24.6 Å². The van der Waals surface area contributed by atoms with Crippen molar-refractivity contribution >= 4 is 46.8 Å². The lowest BCUT2D eigenvalue weighted by atomic mass is 9.76. The van der Waals surface area contributed by atoms with Crippen LogP contribution in [0.1, 0.15) is 32.8 Å². The van der Waals surface area contributed by atoms with E-state index in [2.05, 4.69) is 10.6 Å². The van der Waals surface area contributed by atoms with Gasteiger partial charge in [0.25, 0.3) is 0 Å². The van der Waals surface area contributed by atoms with Gasteiger partial charge in [-0.25, -0.2) is 0 Å². The number of hydrogen-bond donors (Lipinski definition) is 2. The summed E-state index contributed by atoms with van der Waals surface area (Å²) in [5, 5.41) is 6.70. The van der Waals surface area contributed by atoms with Crippen LogP contribution in [0.3, 0.4) is 0 Å². The highest BCUT2D eigenvalue weighted by Gasteiger charge is 2.71. The van der Waals surface area contributed by atoms with Crippen molar-refractivity contribution in [2.45, 2.75) is 44.3 Å². The molecule has 0 bridgehead atoms. The van der Waals surface area contributed by atoms with Gasteiger partial charge in [0.1, 0.15) is 5.54 Å². The third-order valence-electron chi connectivity index (χ3n) is 6.00. The Bertz CT molecular complexity index is 884. The fourth-order valence-corrected chi connectivity index (χ4v) is 5.66. The molecular weight excluding hydrogens is 398 g/mol. The average Bonchev–Trinajstić information content (AvgIpc) is 3.19. The van der Waals surface area contributed by atoms with E-state index in [9.17, 15) is 14.4 Å². The molecule has 3 aliphatic heterocycles. The Hall–Kier alpha value is -1.57. The molecule has 0 unspecified atom stereocenters. The molecule has 3 heterocycles. The summed E-state index contributed by atoms with van der Waals surface area (Å²) in [5.41, 5.74) is -0.722. The molecule has 8 heteroatoms. The summed E-state index contributed by atoms with van der Waals surface area (Å²) in [4.78, 5) is 41.5. The lowest BCUT2D eigenvalue weighted by Crippen LogP contribution is -2.55. The molecule has 0 saturated carbocycles. The largest absolute Gasteiger partial charge is 0.323 e. The Morgan fingerprint density at radius 3 is 2.57 bits per heavy atom. The molecular formula is C20H24ClN3O3S. The first-order chi connectivity index (χ1) is 13.1. The van der Waals surface area contributed by atoms with Gasteiger partial charge in [0.05, 0.1) is 22.5 Å². The second-order valence-electron chi connectivity index (χ2n) is 8.64. The molecule has 3 aliphatic rings. The minimum absolute atomic E-state index is 0.193. The quantitative estimate of drug-likeness (QED) is 0.733. The molecule has 28 heavy (non-hydrogen) atoms. The lowest BCUT2D eigenvalue weighted by Gasteiger charge is -2.34. The topological polar surface area (TPSA) is 78.5 Å². The first-order valence-corrected chi connectivity index (χ1v) is 11.2. The minimum Gasteiger partial charge on any atom is -0.323 e. The van der Waals surface area contributed by atoms with E-state index in [4.69, 9.17) is 11.6 Å². The molecule has 150 valence electrons. The van der Waals surface area contributed by atoms with Crippen molar-refractivity contribution in [2.24, 2.45) is 11.8 Å². The van der Waals surface area contributed by atoms with Crippen LogP contribution in [0.2, 0.25) is 5.02 Å². The number of thioether (sulfide) groups is 1. The van der Waals surface area contributed by atoms with Crippen LogP contribution >= 0.6 is 23.4 Å². The monoisotopic (exact) mass is 421 g/mol. The lowest BCUT2D eigenvalue weighted by molar-refractivity contribution is -0.147. The van der Waals surface area contributed by atoms with Crippen molar-refractivity contribution in [3.8, 4) is 0 Å². The van der Waals surface area contributed by atoms with Gasteiger partial charge in [-0.2, -0.15) is 11.8 Å². The van der Waals surface area contributed by atoms with Gasteiger partial charge in [-0.05, 0) is 45.3 Å². The van der Waals surface area contributed by atoms with Gasteiger partial charge < -0.3 is 5.32 Å². The number of anilines is 1. The van der Waals surface area contributed by atoms with Crippen molar-refractivity contribution in [3.63, 3.8) is 0 Å². The Labute approximate surface area is 173 Å². The molecule has 2 N–H and O–H groups in total. The van der Waals surface area contributed by atoms with E-state index in [0.29, 0.717) is 22.7 Å². The highest BCUT2D eigenvalue weighted by Crippen LogP contribution is 2.55. The van der Waals surface area contributed by atoms with Crippen LogP contribution < -0.4 is 10.6 Å². The number of carbonyl (C=O) groups excluding carboxylic acids is 3. The SMILES string of the molecule is CSCC[C@H]1N[C@]2(C(=O)Nc3c(Cl)cccc32)[C@@H]2C(=O)N(C(C)(C)C)C(=O)[C@@H]21. The third-order valence-corrected chi connectivity index (χ3v) is 6.96. The zero-order valence-electron chi connectivity index (χ0n) is 16.3. The zero-order chi connectivity index (χ0) is 20.4. The van der Waals surface area contributed by atoms with Gasteiger partial charge in [0.15, 0.2) is 0 Å². The molecule has 4 rings (SSSR count). The average molecular weight is 422 g/mol. The molecule has 1 aromatic carbocycles. The molecule has 3 amide bonds. The van der Waals surface area contributed by atoms with E-state index in [1.54, 1.807) is 23.9 Å². The Balaban J connectivity index is 1.89. The normalized spacial score (nSPS) is 31.5. The van der Waals surface area contributed by atoms with Crippen molar-refractivity contribution in [1.82, 2.24) is 10.2 Å². The fourth-order valence-electron chi connectivity index (χ4n) is 4.95. The summed E-state index contributed by atoms with van der Waals surface area (Å²) in [6.07, 6.45) is 2.70. The molecule has 0 aliphatic carbocycles. The maximum absolute atomic E-state index is 13.5. The number of fused-ring (bicyclic) bond motifs is 4. The second-order valence-corrected chi connectivity index (χ2v) is 10.0. The van der Waals surface area contributed by atoms with Gasteiger partial charge in [0.2, 0.25) is 17.7 Å². The van der Waals surface area contributed by atoms with Crippen LogP contribution in [0, 0.1) is 11.8 Å². The van der Waals surface area contributed by atoms with E-state index in [1.165, 1.54) is 4.90 Å². The van der Waals surface area contributed by atoms with Gasteiger partial charge in [-0.1, -0.05) is 23.7 Å². The minimum atomic E-state index is -1.26. The summed E-state index contributed by atoms with van der Waals surface area (Å²) in [6.45, 7) is 5.54. The van der Waals surface area contributed by atoms with E-state index in [0.717, 1.165) is 5.75 Å². The van der Waals surface area contributed by atoms with Crippen LogP contribution in [-0.2, 0) is 19.9 Å². The first-order valence-electron chi connectivity index (χ1n) is 9.39. The van der Waals surface area contributed by atoms with Gasteiger partial charge >= 0.3 is 0 Å². The molecule has 2 saturated heterocycles. The van der Waals surface area contributed by atoms with Crippen LogP contribution in [0.25, 0.3) is 0 Å². The van der Waals surface area contributed by atoms with Crippen molar-refractivity contribution in [1.29, 1.82) is 0 Å². The summed E-state index contributed by atoms with van der Waals surface area (Å²) in [7, 11) is 0. The summed E-state index contributed by atoms with van der Waals surface area (Å²) in [5.74, 6) is -1.29. The van der Waals surface area contributed by atoms with Crippen molar-refractivity contribution < 1.29 is 14.4 Å². The summed E-state index contributed by atoms with van der Waals surface area (Å²) in [6, 6.07) is 5.05. The Kier molecular flexibility index (Phi) is 4.56. The predicted octanol–water partition coefficient (Wildman–Crippen LogP) is 2.61. The number of likely N-dealkylation sites (tertiary alicyclic amines) is 1. The number of hydrogen-bond acceptors (Lipinski definition) is 5. The van der Waals surface area contributed by atoms with Crippen LogP contribution in [-0.4, -0.2) is 46.2 Å². The number of imide groups is 1. The molecule has 4 atom stereocenters. The summed E-state index contributed by atoms with van der Waals surface area (Å²) >= 11 is 8.00. The predicted molar refractivity (Wildman–Crippen MR) is 110 cm³/mol. The molecule has 6 nitrogen and oxygen atoms in total. The number of para-hydroxylation sites is 1. The number of amides is 3. The van der Waals surface area contributed by atoms with Gasteiger partial charge in [0, 0.05) is 17.1 Å². The fraction of sp³-hybridized carbons (Fsp3) is 0.550. The Morgan fingerprint density at radius 1 is 1.21 bits per heavy atom. The zero-order valence-corrected chi connectivity index (χ0v) is 17.9. The number of halogens is 1. The van der Waals surface area contributed by atoms with Crippen molar-refractivity contribution in [3.05, 3.63) is 28.8 Å². The van der Waals surface area contributed by atoms with E-state index >= 15 is 0 Å². The van der Waals surface area contributed by atoms with Crippen LogP contribution in [0.5, 0.6) is 0 Å². The molecule has 2 fully saturated rings. The maximum Gasteiger partial charge on any atom is 0.250 e. The van der Waals surface area contributed by atoms with E-state index < -0.39 is 22.9 Å². The Morgan fingerprint density at radius 2 is 1.93 bits per heavy atom. The molecule has 0 aromatic heterocycles. The highest BCUT2D eigenvalue weighted by atomic mass is 35.5. The number of nitrogens with one attached hydrogen (secondary N) is 2. The van der Waals surface area contributed by atoms with E-state index in [-0.39, 0.29) is 23.8 Å². The number of carbonyl (C=O) groups is 3.